The summed E-state index contributed by atoms with van der Waals surface area (Å²) in [5.41, 5.74) is 5.65. The van der Waals surface area contributed by atoms with Crippen LogP contribution in [0.1, 0.15) is 10.5 Å². The largest absolute Gasteiger partial charge is 0.476 e. The maximum Gasteiger partial charge on any atom is 0.360 e. The fourth-order valence-electron chi connectivity index (χ4n) is 1.21. The number of hydrogen-bond donors (Lipinski definition) is 2. The van der Waals surface area contributed by atoms with Crippen molar-refractivity contribution >= 4 is 11.8 Å². The van der Waals surface area contributed by atoms with Crippen LogP contribution in [-0.2, 0) is 0 Å². The fourth-order valence-corrected chi connectivity index (χ4v) is 1.21. The number of carbonyl (C=O) groups is 1. The number of halogens is 1. The van der Waals surface area contributed by atoms with Gasteiger partial charge in [-0.15, -0.1) is 5.10 Å². The number of nitrogens with two attached hydrogens (primary N) is 1. The van der Waals surface area contributed by atoms with E-state index in [9.17, 15) is 9.18 Å². The van der Waals surface area contributed by atoms with E-state index in [2.05, 4.69) is 10.3 Å². The van der Waals surface area contributed by atoms with E-state index in [0.717, 1.165) is 4.68 Å². The quantitative estimate of drug-likeness (QED) is 0.779. The Labute approximate surface area is 89.1 Å². The normalized spacial score (nSPS) is 10.3. The minimum absolute atomic E-state index is 0.0980. The third-order valence-electron chi connectivity index (χ3n) is 1.98. The van der Waals surface area contributed by atoms with Gasteiger partial charge in [-0.1, -0.05) is 5.21 Å². The zero-order valence-electron chi connectivity index (χ0n) is 7.96. The lowest BCUT2D eigenvalue weighted by atomic mass is 10.3. The molecule has 0 unspecified atom stereocenters. The molecule has 0 amide bonds. The fraction of sp³-hybridized carbons (Fsp3) is 0. The summed E-state index contributed by atoms with van der Waals surface area (Å²) in [6, 6.07) is 5.28. The van der Waals surface area contributed by atoms with Gasteiger partial charge in [0.05, 0.1) is 5.69 Å². The van der Waals surface area contributed by atoms with Crippen molar-refractivity contribution < 1.29 is 14.3 Å². The van der Waals surface area contributed by atoms with Gasteiger partial charge in [0.25, 0.3) is 0 Å². The van der Waals surface area contributed by atoms with Crippen molar-refractivity contribution in [3.8, 4) is 5.69 Å². The minimum atomic E-state index is -1.26. The number of aromatic carboxylic acids is 1. The monoisotopic (exact) mass is 222 g/mol. The average Bonchev–Trinajstić information content (AvgIpc) is 2.61. The molecule has 0 spiro atoms. The summed E-state index contributed by atoms with van der Waals surface area (Å²) in [5.74, 6) is -1.76. The van der Waals surface area contributed by atoms with Gasteiger partial charge in [-0.05, 0) is 24.3 Å². The van der Waals surface area contributed by atoms with Crippen LogP contribution in [0.5, 0.6) is 0 Å². The lowest BCUT2D eigenvalue weighted by Crippen LogP contribution is -2.05. The van der Waals surface area contributed by atoms with Gasteiger partial charge in [-0.25, -0.2) is 9.18 Å². The van der Waals surface area contributed by atoms with Gasteiger partial charge < -0.3 is 10.8 Å². The number of carboxylic acids is 1. The summed E-state index contributed by atoms with van der Waals surface area (Å²) in [4.78, 5) is 10.7. The van der Waals surface area contributed by atoms with Crippen LogP contribution in [0.3, 0.4) is 0 Å². The van der Waals surface area contributed by atoms with Crippen molar-refractivity contribution in [2.24, 2.45) is 0 Å². The summed E-state index contributed by atoms with van der Waals surface area (Å²) in [6.07, 6.45) is 0. The molecule has 2 aromatic rings. The zero-order valence-corrected chi connectivity index (χ0v) is 7.96. The second kappa shape index (κ2) is 3.61. The molecular formula is C9H7FN4O2. The third-order valence-corrected chi connectivity index (χ3v) is 1.98. The first-order valence-corrected chi connectivity index (χ1v) is 4.30. The van der Waals surface area contributed by atoms with Gasteiger partial charge in [0, 0.05) is 0 Å². The molecule has 0 aliphatic heterocycles. The van der Waals surface area contributed by atoms with Gasteiger partial charge in [-0.3, -0.25) is 0 Å². The van der Waals surface area contributed by atoms with Gasteiger partial charge in [0.2, 0.25) is 5.69 Å². The highest BCUT2D eigenvalue weighted by molar-refractivity contribution is 5.90. The summed E-state index contributed by atoms with van der Waals surface area (Å²) < 4.78 is 13.8. The number of rotatable bonds is 2. The molecule has 1 aromatic heterocycles. The first-order chi connectivity index (χ1) is 7.59. The van der Waals surface area contributed by atoms with E-state index >= 15 is 0 Å². The van der Waals surface area contributed by atoms with Gasteiger partial charge in [0.15, 0.2) is 5.82 Å². The standard InChI is InChI=1S/C9H7FN4O2/c10-5-1-3-6(4-2-5)14-8(11)7(9(15)16)12-13-14/h1-4H,11H2,(H,15,16). The Bertz CT molecular complexity index is 535. The first-order valence-electron chi connectivity index (χ1n) is 4.30. The molecule has 3 N–H and O–H groups in total. The van der Waals surface area contributed by atoms with Crippen LogP contribution >= 0.6 is 0 Å². The SMILES string of the molecule is Nc1c(C(=O)O)nnn1-c1ccc(F)cc1. The maximum atomic E-state index is 12.7. The third kappa shape index (κ3) is 1.58. The number of nitrogens with zero attached hydrogens (tertiary/aromatic N) is 3. The van der Waals surface area contributed by atoms with E-state index in [0.29, 0.717) is 5.69 Å². The van der Waals surface area contributed by atoms with Crippen LogP contribution in [0.2, 0.25) is 0 Å². The van der Waals surface area contributed by atoms with Gasteiger partial charge in [-0.2, -0.15) is 4.68 Å². The number of aromatic nitrogens is 3. The highest BCUT2D eigenvalue weighted by Gasteiger charge is 2.16. The van der Waals surface area contributed by atoms with Crippen molar-refractivity contribution in [2.75, 3.05) is 5.73 Å². The molecule has 82 valence electrons. The highest BCUT2D eigenvalue weighted by atomic mass is 19.1. The number of hydrogen-bond acceptors (Lipinski definition) is 4. The van der Waals surface area contributed by atoms with E-state index in [-0.39, 0.29) is 11.5 Å². The van der Waals surface area contributed by atoms with Crippen LogP contribution in [0.15, 0.2) is 24.3 Å². The van der Waals surface area contributed by atoms with Crippen molar-refractivity contribution in [3.05, 3.63) is 35.8 Å². The van der Waals surface area contributed by atoms with E-state index in [1.807, 2.05) is 0 Å². The average molecular weight is 222 g/mol. The molecule has 2 rings (SSSR count). The number of benzene rings is 1. The molecule has 0 aliphatic carbocycles. The summed E-state index contributed by atoms with van der Waals surface area (Å²) >= 11 is 0. The van der Waals surface area contributed by atoms with Crippen molar-refractivity contribution in [2.45, 2.75) is 0 Å². The molecule has 0 atom stereocenters. The molecule has 6 nitrogen and oxygen atoms in total. The van der Waals surface area contributed by atoms with Gasteiger partial charge in [0.1, 0.15) is 5.82 Å². The van der Waals surface area contributed by atoms with Crippen molar-refractivity contribution in [1.29, 1.82) is 0 Å². The van der Waals surface area contributed by atoms with E-state index in [1.165, 1.54) is 24.3 Å². The Morgan fingerprint density at radius 1 is 1.38 bits per heavy atom. The number of anilines is 1. The minimum Gasteiger partial charge on any atom is -0.476 e. The Balaban J connectivity index is 2.49. The molecule has 0 saturated carbocycles. The van der Waals surface area contributed by atoms with Crippen molar-refractivity contribution in [3.63, 3.8) is 0 Å². The van der Waals surface area contributed by atoms with Crippen molar-refractivity contribution in [1.82, 2.24) is 15.0 Å². The van der Waals surface area contributed by atoms with E-state index in [1.54, 1.807) is 0 Å². The van der Waals surface area contributed by atoms with Crippen LogP contribution < -0.4 is 5.73 Å². The zero-order chi connectivity index (χ0) is 11.7. The molecular weight excluding hydrogens is 215 g/mol. The van der Waals surface area contributed by atoms with E-state index in [4.69, 9.17) is 10.8 Å². The Morgan fingerprint density at radius 2 is 2.00 bits per heavy atom. The topological polar surface area (TPSA) is 94.0 Å². The molecule has 0 radical (unpaired) electrons. The summed E-state index contributed by atoms with van der Waals surface area (Å²) in [6.45, 7) is 0. The van der Waals surface area contributed by atoms with Gasteiger partial charge >= 0.3 is 5.97 Å². The first kappa shape index (κ1) is 10.1. The summed E-state index contributed by atoms with van der Waals surface area (Å²) in [5, 5.41) is 15.7. The summed E-state index contributed by atoms with van der Waals surface area (Å²) in [7, 11) is 0. The second-order valence-corrected chi connectivity index (χ2v) is 3.02. The molecule has 0 bridgehead atoms. The van der Waals surface area contributed by atoms with Crippen LogP contribution in [-0.4, -0.2) is 26.1 Å². The molecule has 0 saturated heterocycles. The highest BCUT2D eigenvalue weighted by Crippen LogP contribution is 2.15. The lowest BCUT2D eigenvalue weighted by molar-refractivity contribution is 0.0691. The Hall–Kier alpha value is -2.44. The van der Waals surface area contributed by atoms with Crippen LogP contribution in [0.4, 0.5) is 10.2 Å². The van der Waals surface area contributed by atoms with Crippen LogP contribution in [0, 0.1) is 5.82 Å². The Morgan fingerprint density at radius 3 is 2.50 bits per heavy atom. The molecule has 0 fully saturated rings. The molecule has 0 aliphatic rings. The number of carboxylic acid groups (broad SMARTS) is 1. The Kier molecular flexibility index (Phi) is 2.28. The lowest BCUT2D eigenvalue weighted by Gasteiger charge is -2.01. The maximum absolute atomic E-state index is 12.7. The van der Waals surface area contributed by atoms with Crippen LogP contribution in [0.25, 0.3) is 5.69 Å². The molecule has 1 heterocycles. The second-order valence-electron chi connectivity index (χ2n) is 3.02. The molecule has 1 aromatic carbocycles. The molecule has 7 heteroatoms. The predicted molar refractivity (Wildman–Crippen MR) is 52.7 cm³/mol. The van der Waals surface area contributed by atoms with E-state index < -0.39 is 11.8 Å². The molecule has 16 heavy (non-hydrogen) atoms. The number of nitrogen functional groups attached to an aromatic ring is 1. The predicted octanol–water partition coefficient (Wildman–Crippen LogP) is 0.687. The smallest absolute Gasteiger partial charge is 0.360 e.